The fraction of sp³-hybridized carbons (Fsp3) is 0.273. The van der Waals surface area contributed by atoms with E-state index in [1.54, 1.807) is 23.9 Å². The number of para-hydroxylation sites is 1. The average molecular weight is 405 g/mol. The van der Waals surface area contributed by atoms with E-state index >= 15 is 0 Å². The van der Waals surface area contributed by atoms with Gasteiger partial charge in [0.1, 0.15) is 23.5 Å². The summed E-state index contributed by atoms with van der Waals surface area (Å²) in [5.41, 5.74) is 2.29. The molecule has 0 aliphatic heterocycles. The minimum absolute atomic E-state index is 0.0452. The summed E-state index contributed by atoms with van der Waals surface area (Å²) in [5, 5.41) is 11.7. The Morgan fingerprint density at radius 2 is 2.07 bits per heavy atom. The third-order valence-electron chi connectivity index (χ3n) is 5.18. The van der Waals surface area contributed by atoms with Gasteiger partial charge in [-0.15, -0.1) is 10.2 Å². The number of fused-ring (bicyclic) bond motifs is 1. The summed E-state index contributed by atoms with van der Waals surface area (Å²) in [7, 11) is 1.84. The number of carbonyl (C=O) groups excluding carboxylic acids is 1. The van der Waals surface area contributed by atoms with Crippen LogP contribution in [0.4, 0.5) is 0 Å². The number of rotatable bonds is 7. The van der Waals surface area contributed by atoms with Gasteiger partial charge in [-0.25, -0.2) is 4.79 Å². The number of amides is 1. The molecule has 0 unspecified atom stereocenters. The van der Waals surface area contributed by atoms with Crippen LogP contribution < -0.4 is 10.9 Å². The Balaban J connectivity index is 1.41. The first kappa shape index (κ1) is 19.6. The zero-order valence-electron chi connectivity index (χ0n) is 16.9. The third-order valence-corrected chi connectivity index (χ3v) is 5.18. The van der Waals surface area contributed by atoms with Crippen LogP contribution in [-0.2, 0) is 26.3 Å². The first-order chi connectivity index (χ1) is 14.5. The number of nitrogens with one attached hydrogen (secondary N) is 2. The van der Waals surface area contributed by atoms with E-state index in [1.807, 2.05) is 31.4 Å². The lowest BCUT2D eigenvalue weighted by molar-refractivity contribution is 0.0949. The monoisotopic (exact) mass is 405 g/mol. The molecule has 2 N–H and O–H groups in total. The first-order valence-electron chi connectivity index (χ1n) is 9.82. The van der Waals surface area contributed by atoms with E-state index in [9.17, 15) is 9.59 Å². The molecule has 1 amide bonds. The van der Waals surface area contributed by atoms with Gasteiger partial charge >= 0.3 is 5.63 Å². The van der Waals surface area contributed by atoms with Gasteiger partial charge < -0.3 is 19.3 Å². The average Bonchev–Trinajstić information content (AvgIpc) is 3.32. The van der Waals surface area contributed by atoms with Crippen LogP contribution in [0.25, 0.3) is 10.9 Å². The number of nitrogens with zero attached hydrogens (tertiary/aromatic N) is 3. The molecule has 1 aromatic carbocycles. The Kier molecular flexibility index (Phi) is 5.47. The standard InChI is InChI=1S/C22H23N5O3/c1-14-11-16(8-7-15-12-24-18-6-4-3-5-17(15)18)30-22(29)20(14)21(28)23-10-9-19-26-25-13-27(19)2/h3-6,11-13,24H,7-10H2,1-2H3,(H,23,28). The molecule has 0 bridgehead atoms. The maximum atomic E-state index is 12.5. The molecule has 8 nitrogen and oxygen atoms in total. The Morgan fingerprint density at radius 3 is 2.83 bits per heavy atom. The predicted octanol–water partition coefficient (Wildman–Crippen LogP) is 2.32. The summed E-state index contributed by atoms with van der Waals surface area (Å²) >= 11 is 0. The van der Waals surface area contributed by atoms with Crippen LogP contribution in [0, 0.1) is 6.92 Å². The van der Waals surface area contributed by atoms with Gasteiger partial charge in [0.15, 0.2) is 0 Å². The van der Waals surface area contributed by atoms with Crippen LogP contribution in [0.2, 0.25) is 0 Å². The second-order valence-electron chi connectivity index (χ2n) is 7.28. The van der Waals surface area contributed by atoms with Crippen molar-refractivity contribution in [2.75, 3.05) is 6.54 Å². The van der Waals surface area contributed by atoms with E-state index in [0.29, 0.717) is 30.7 Å². The first-order valence-corrected chi connectivity index (χ1v) is 9.82. The Bertz CT molecular complexity index is 1250. The minimum Gasteiger partial charge on any atom is -0.427 e. The highest BCUT2D eigenvalue weighted by Crippen LogP contribution is 2.19. The maximum Gasteiger partial charge on any atom is 0.349 e. The van der Waals surface area contributed by atoms with E-state index in [0.717, 1.165) is 28.7 Å². The van der Waals surface area contributed by atoms with Crippen LogP contribution in [0.15, 0.2) is 52.1 Å². The molecule has 0 saturated heterocycles. The second-order valence-corrected chi connectivity index (χ2v) is 7.28. The molecule has 0 aliphatic carbocycles. The molecule has 0 aliphatic rings. The van der Waals surface area contributed by atoms with Gasteiger partial charge in [-0.3, -0.25) is 4.79 Å². The molecule has 0 saturated carbocycles. The maximum absolute atomic E-state index is 12.5. The van der Waals surface area contributed by atoms with Gasteiger partial charge in [-0.2, -0.15) is 0 Å². The van der Waals surface area contributed by atoms with Crippen LogP contribution in [-0.4, -0.2) is 32.2 Å². The molecule has 4 rings (SSSR count). The van der Waals surface area contributed by atoms with Crippen molar-refractivity contribution in [3.63, 3.8) is 0 Å². The number of aromatic nitrogens is 4. The molecule has 8 heteroatoms. The van der Waals surface area contributed by atoms with E-state index in [-0.39, 0.29) is 5.56 Å². The predicted molar refractivity (Wildman–Crippen MR) is 112 cm³/mol. The van der Waals surface area contributed by atoms with E-state index in [4.69, 9.17) is 4.42 Å². The topological polar surface area (TPSA) is 106 Å². The van der Waals surface area contributed by atoms with Crippen molar-refractivity contribution in [1.29, 1.82) is 0 Å². The molecule has 3 aromatic heterocycles. The van der Waals surface area contributed by atoms with Gasteiger partial charge in [-0.1, -0.05) is 18.2 Å². The fourth-order valence-electron chi connectivity index (χ4n) is 3.58. The Labute approximate surface area is 172 Å². The van der Waals surface area contributed by atoms with Crippen molar-refractivity contribution >= 4 is 16.8 Å². The van der Waals surface area contributed by atoms with Gasteiger partial charge in [0.2, 0.25) is 0 Å². The highest BCUT2D eigenvalue weighted by Gasteiger charge is 2.17. The van der Waals surface area contributed by atoms with E-state index in [1.165, 1.54) is 0 Å². The zero-order chi connectivity index (χ0) is 21.1. The van der Waals surface area contributed by atoms with Gasteiger partial charge in [0.05, 0.1) is 0 Å². The van der Waals surface area contributed by atoms with E-state index < -0.39 is 11.5 Å². The summed E-state index contributed by atoms with van der Waals surface area (Å²) in [6, 6.07) is 9.86. The van der Waals surface area contributed by atoms with Crippen molar-refractivity contribution in [3.05, 3.63) is 81.6 Å². The quantitative estimate of drug-likeness (QED) is 0.491. The number of hydrogen-bond donors (Lipinski definition) is 2. The molecular weight excluding hydrogens is 382 g/mol. The van der Waals surface area contributed by atoms with Crippen molar-refractivity contribution in [2.45, 2.75) is 26.2 Å². The summed E-state index contributed by atoms with van der Waals surface area (Å²) in [5.74, 6) is 0.886. The molecule has 3 heterocycles. The largest absolute Gasteiger partial charge is 0.427 e. The van der Waals surface area contributed by atoms with Gasteiger partial charge in [0, 0.05) is 43.5 Å². The van der Waals surface area contributed by atoms with Crippen LogP contribution in [0.5, 0.6) is 0 Å². The Morgan fingerprint density at radius 1 is 1.23 bits per heavy atom. The summed E-state index contributed by atoms with van der Waals surface area (Å²) in [4.78, 5) is 28.2. The number of aromatic amines is 1. The molecule has 30 heavy (non-hydrogen) atoms. The van der Waals surface area contributed by atoms with Crippen LogP contribution in [0.1, 0.15) is 33.1 Å². The van der Waals surface area contributed by atoms with Gasteiger partial charge in [-0.05, 0) is 36.6 Å². The molecule has 0 fully saturated rings. The number of H-pyrrole nitrogens is 1. The molecule has 0 atom stereocenters. The lowest BCUT2D eigenvalue weighted by Crippen LogP contribution is -2.31. The molecule has 0 radical (unpaired) electrons. The fourth-order valence-corrected chi connectivity index (χ4v) is 3.58. The molecular formula is C22H23N5O3. The Hall–Kier alpha value is -3.68. The number of hydrogen-bond acceptors (Lipinski definition) is 5. The highest BCUT2D eigenvalue weighted by atomic mass is 16.4. The van der Waals surface area contributed by atoms with Crippen molar-refractivity contribution < 1.29 is 9.21 Å². The van der Waals surface area contributed by atoms with E-state index in [2.05, 4.69) is 26.6 Å². The molecule has 4 aromatic rings. The number of aryl methyl sites for hydroxylation is 4. The number of carbonyl (C=O) groups is 1. The minimum atomic E-state index is -0.611. The lowest BCUT2D eigenvalue weighted by Gasteiger charge is -2.08. The smallest absolute Gasteiger partial charge is 0.349 e. The van der Waals surface area contributed by atoms with Crippen LogP contribution in [0.3, 0.4) is 0 Å². The van der Waals surface area contributed by atoms with Gasteiger partial charge in [0.25, 0.3) is 5.91 Å². The highest BCUT2D eigenvalue weighted by molar-refractivity contribution is 5.95. The summed E-state index contributed by atoms with van der Waals surface area (Å²) in [6.45, 7) is 2.11. The van der Waals surface area contributed by atoms with Crippen molar-refractivity contribution in [3.8, 4) is 0 Å². The second kappa shape index (κ2) is 8.36. The van der Waals surface area contributed by atoms with Crippen LogP contribution >= 0.6 is 0 Å². The third kappa shape index (κ3) is 4.03. The zero-order valence-corrected chi connectivity index (χ0v) is 16.9. The molecule has 154 valence electrons. The summed E-state index contributed by atoms with van der Waals surface area (Å²) < 4.78 is 7.22. The lowest BCUT2D eigenvalue weighted by atomic mass is 10.1. The van der Waals surface area contributed by atoms with Crippen molar-refractivity contribution in [1.82, 2.24) is 25.1 Å². The van der Waals surface area contributed by atoms with Crippen molar-refractivity contribution in [2.24, 2.45) is 7.05 Å². The SMILES string of the molecule is Cc1cc(CCc2c[nH]c3ccccc23)oc(=O)c1C(=O)NCCc1nncn1C. The molecule has 0 spiro atoms. The normalized spacial score (nSPS) is 11.1. The number of benzene rings is 1. The summed E-state index contributed by atoms with van der Waals surface area (Å²) in [6.07, 6.45) is 5.41.